The molecule has 8 nitrogen and oxygen atoms in total. The number of carbonyl (C=O) groups is 1. The quantitative estimate of drug-likeness (QED) is 0.401. The summed E-state index contributed by atoms with van der Waals surface area (Å²) in [4.78, 5) is 20.8. The predicted octanol–water partition coefficient (Wildman–Crippen LogP) is 3.52. The molecule has 1 unspecified atom stereocenters. The van der Waals surface area contributed by atoms with Crippen molar-refractivity contribution in [1.29, 1.82) is 5.26 Å². The number of amides is 1. The molecule has 3 rings (SSSR count). The van der Waals surface area contributed by atoms with Crippen molar-refractivity contribution >= 4 is 44.8 Å². The van der Waals surface area contributed by atoms with E-state index >= 15 is 0 Å². The highest BCUT2D eigenvalue weighted by atomic mass is 32.1. The number of aromatic nitrogens is 2. The number of hydrazine groups is 1. The highest BCUT2D eigenvalue weighted by molar-refractivity contribution is 7.16. The number of hydrogen-bond acceptors (Lipinski definition) is 8. The summed E-state index contributed by atoms with van der Waals surface area (Å²) in [5, 5.41) is 14.2. The number of thiazole rings is 1. The minimum atomic E-state index is -0.680. The van der Waals surface area contributed by atoms with Crippen LogP contribution >= 0.6 is 11.3 Å². The number of pyridine rings is 1. The number of fused-ring (bicyclic) bond motifs is 1. The van der Waals surface area contributed by atoms with Gasteiger partial charge in [0.15, 0.2) is 5.82 Å². The second-order valence-corrected chi connectivity index (χ2v) is 8.16. The zero-order valence-corrected chi connectivity index (χ0v) is 17.3. The van der Waals surface area contributed by atoms with Crippen molar-refractivity contribution in [2.45, 2.75) is 33.2 Å². The van der Waals surface area contributed by atoms with Crippen LogP contribution in [0.15, 0.2) is 29.8 Å². The van der Waals surface area contributed by atoms with Crippen LogP contribution < -0.4 is 21.9 Å². The summed E-state index contributed by atoms with van der Waals surface area (Å²) in [6.45, 7) is 6.17. The Balaban J connectivity index is 2.04. The Hall–Kier alpha value is -3.22. The molecule has 0 aliphatic rings. The molecule has 9 heteroatoms. The number of anilines is 3. The van der Waals surface area contributed by atoms with E-state index in [1.807, 2.05) is 25.1 Å². The topological polar surface area (TPSA) is 134 Å². The van der Waals surface area contributed by atoms with E-state index in [1.54, 1.807) is 5.51 Å². The summed E-state index contributed by atoms with van der Waals surface area (Å²) in [6, 6.07) is 9.08. The fourth-order valence-electron chi connectivity index (χ4n) is 3.14. The van der Waals surface area contributed by atoms with Crippen LogP contribution in [0.2, 0.25) is 0 Å². The Bertz CT molecular complexity index is 1090. The summed E-state index contributed by atoms with van der Waals surface area (Å²) in [7, 11) is 0. The molecular formula is C20H23N7OS. The molecule has 0 aliphatic heterocycles. The number of primary amides is 1. The van der Waals surface area contributed by atoms with Gasteiger partial charge in [0.2, 0.25) is 0 Å². The molecule has 0 saturated heterocycles. The van der Waals surface area contributed by atoms with Gasteiger partial charge < -0.3 is 11.1 Å². The number of nitrogens with one attached hydrogen (secondary N) is 1. The Morgan fingerprint density at radius 3 is 2.76 bits per heavy atom. The summed E-state index contributed by atoms with van der Waals surface area (Å²) in [5.41, 5.74) is 9.24. The van der Waals surface area contributed by atoms with Crippen LogP contribution in [0.25, 0.3) is 10.2 Å². The van der Waals surface area contributed by atoms with Crippen molar-refractivity contribution in [3.8, 4) is 6.07 Å². The number of nitrogens with zero attached hydrogens (tertiary/aromatic N) is 4. The van der Waals surface area contributed by atoms with E-state index in [9.17, 15) is 10.1 Å². The van der Waals surface area contributed by atoms with E-state index in [0.717, 1.165) is 22.3 Å². The molecule has 1 aromatic carbocycles. The molecule has 5 N–H and O–H groups in total. The van der Waals surface area contributed by atoms with Crippen molar-refractivity contribution in [3.63, 3.8) is 0 Å². The van der Waals surface area contributed by atoms with E-state index in [2.05, 4.69) is 35.2 Å². The minimum Gasteiger partial charge on any atom is -0.365 e. The van der Waals surface area contributed by atoms with Gasteiger partial charge in [-0.15, -0.1) is 11.3 Å². The molecule has 0 aliphatic carbocycles. The van der Waals surface area contributed by atoms with Crippen LogP contribution in [0.3, 0.4) is 0 Å². The zero-order chi connectivity index (χ0) is 21.1. The molecule has 0 bridgehead atoms. The predicted molar refractivity (Wildman–Crippen MR) is 116 cm³/mol. The van der Waals surface area contributed by atoms with E-state index in [4.69, 9.17) is 11.6 Å². The molecule has 1 atom stereocenters. The lowest BCUT2D eigenvalue weighted by molar-refractivity contribution is 0.100. The van der Waals surface area contributed by atoms with Gasteiger partial charge in [0.05, 0.1) is 26.9 Å². The SMILES string of the molecule is CC(C)CC(C)N(N)c1nc(Nc2ccc3ncsc3c2)c(C(N)=O)cc1C#N. The van der Waals surface area contributed by atoms with Crippen LogP contribution in [-0.2, 0) is 0 Å². The monoisotopic (exact) mass is 409 g/mol. The molecular weight excluding hydrogens is 386 g/mol. The summed E-state index contributed by atoms with van der Waals surface area (Å²) >= 11 is 1.51. The smallest absolute Gasteiger partial charge is 0.252 e. The number of hydrogen-bond donors (Lipinski definition) is 3. The Kier molecular flexibility index (Phi) is 5.96. The summed E-state index contributed by atoms with van der Waals surface area (Å²) in [5.74, 6) is 6.58. The van der Waals surface area contributed by atoms with E-state index in [1.165, 1.54) is 22.4 Å². The van der Waals surface area contributed by atoms with Crippen LogP contribution in [0.5, 0.6) is 0 Å². The largest absolute Gasteiger partial charge is 0.365 e. The number of nitriles is 1. The van der Waals surface area contributed by atoms with Gasteiger partial charge in [-0.25, -0.2) is 15.8 Å². The third-order valence-corrected chi connectivity index (χ3v) is 5.31. The maximum Gasteiger partial charge on any atom is 0.252 e. The standard InChI is InChI=1S/C20H23N7OS/c1-11(2)6-12(3)27(23)20-13(9-21)7-15(18(22)28)19(26-20)25-14-4-5-16-17(8-14)29-10-24-16/h4-5,7-8,10-12H,6,23H2,1-3H3,(H2,22,28)(H,25,26). The highest BCUT2D eigenvalue weighted by Crippen LogP contribution is 2.29. The van der Waals surface area contributed by atoms with Crippen molar-refractivity contribution < 1.29 is 4.79 Å². The van der Waals surface area contributed by atoms with Gasteiger partial charge in [0.1, 0.15) is 11.9 Å². The van der Waals surface area contributed by atoms with Gasteiger partial charge in [-0.05, 0) is 43.5 Å². The van der Waals surface area contributed by atoms with Gasteiger partial charge in [-0.1, -0.05) is 13.8 Å². The van der Waals surface area contributed by atoms with Gasteiger partial charge in [0.25, 0.3) is 5.91 Å². The van der Waals surface area contributed by atoms with Crippen LogP contribution in [0.4, 0.5) is 17.3 Å². The third-order valence-electron chi connectivity index (χ3n) is 4.51. The van der Waals surface area contributed by atoms with Gasteiger partial charge >= 0.3 is 0 Å². The second kappa shape index (κ2) is 8.43. The normalized spacial score (nSPS) is 12.0. The first kappa shape index (κ1) is 20.5. The first-order valence-corrected chi connectivity index (χ1v) is 10.1. The van der Waals surface area contributed by atoms with Crippen molar-refractivity contribution in [3.05, 3.63) is 40.9 Å². The van der Waals surface area contributed by atoms with E-state index < -0.39 is 5.91 Å². The van der Waals surface area contributed by atoms with Gasteiger partial charge in [0, 0.05) is 11.7 Å². The fraction of sp³-hybridized carbons (Fsp3) is 0.300. The van der Waals surface area contributed by atoms with Crippen LogP contribution in [0, 0.1) is 17.2 Å². The summed E-state index contributed by atoms with van der Waals surface area (Å²) < 4.78 is 0.996. The molecule has 2 heterocycles. The first-order valence-electron chi connectivity index (χ1n) is 9.19. The lowest BCUT2D eigenvalue weighted by Gasteiger charge is -2.28. The minimum absolute atomic E-state index is 0.0459. The first-order chi connectivity index (χ1) is 13.8. The number of benzene rings is 1. The van der Waals surface area contributed by atoms with Gasteiger partial charge in [-0.3, -0.25) is 9.80 Å². The lowest BCUT2D eigenvalue weighted by Crippen LogP contribution is -2.41. The Morgan fingerprint density at radius 2 is 2.10 bits per heavy atom. The Morgan fingerprint density at radius 1 is 1.34 bits per heavy atom. The number of nitrogens with two attached hydrogens (primary N) is 2. The van der Waals surface area contributed by atoms with E-state index in [-0.39, 0.29) is 23.0 Å². The summed E-state index contributed by atoms with van der Waals surface area (Å²) in [6.07, 6.45) is 0.825. The fourth-order valence-corrected chi connectivity index (χ4v) is 3.86. The van der Waals surface area contributed by atoms with Crippen molar-refractivity contribution in [1.82, 2.24) is 9.97 Å². The molecule has 29 heavy (non-hydrogen) atoms. The maximum absolute atomic E-state index is 12.0. The third kappa shape index (κ3) is 4.45. The number of carbonyl (C=O) groups excluding carboxylic acids is 1. The van der Waals surface area contributed by atoms with Gasteiger partial charge in [-0.2, -0.15) is 5.26 Å². The Labute approximate surface area is 173 Å². The second-order valence-electron chi connectivity index (χ2n) is 7.28. The molecule has 3 aromatic rings. The lowest BCUT2D eigenvalue weighted by atomic mass is 10.0. The molecule has 0 radical (unpaired) electrons. The zero-order valence-electron chi connectivity index (χ0n) is 16.5. The van der Waals surface area contributed by atoms with E-state index in [0.29, 0.717) is 11.7 Å². The van der Waals surface area contributed by atoms with Crippen molar-refractivity contribution in [2.75, 3.05) is 10.3 Å². The molecule has 150 valence electrons. The molecule has 0 fully saturated rings. The number of rotatable bonds is 7. The van der Waals surface area contributed by atoms with Crippen LogP contribution in [-0.4, -0.2) is 21.9 Å². The molecule has 0 saturated carbocycles. The highest BCUT2D eigenvalue weighted by Gasteiger charge is 2.22. The molecule has 1 amide bonds. The van der Waals surface area contributed by atoms with Crippen LogP contribution in [0.1, 0.15) is 43.1 Å². The molecule has 0 spiro atoms. The molecule has 2 aromatic heterocycles. The maximum atomic E-state index is 12.0. The average molecular weight is 410 g/mol. The average Bonchev–Trinajstić information content (AvgIpc) is 3.14. The van der Waals surface area contributed by atoms with Crippen molar-refractivity contribution in [2.24, 2.45) is 17.5 Å².